The van der Waals surface area contributed by atoms with Crippen LogP contribution in [0, 0.1) is 0 Å². The van der Waals surface area contributed by atoms with Crippen molar-refractivity contribution in [3.05, 3.63) is 53.7 Å². The predicted molar refractivity (Wildman–Crippen MR) is 96.9 cm³/mol. The lowest BCUT2D eigenvalue weighted by Gasteiger charge is -2.10. The molecular formula is C19H22F3N3O2. The minimum atomic E-state index is -4.41. The van der Waals surface area contributed by atoms with Crippen LogP contribution in [0.1, 0.15) is 35.7 Å². The fraction of sp³-hybridized carbons (Fsp3) is 0.368. The third-order valence-electron chi connectivity index (χ3n) is 3.69. The van der Waals surface area contributed by atoms with E-state index in [1.165, 1.54) is 6.07 Å². The van der Waals surface area contributed by atoms with E-state index in [2.05, 4.69) is 22.5 Å². The lowest BCUT2D eigenvalue weighted by atomic mass is 10.2. The molecule has 0 atom stereocenters. The zero-order valence-corrected chi connectivity index (χ0v) is 15.0. The molecule has 0 bridgehead atoms. The number of hydrogen-bond acceptors (Lipinski definition) is 4. The fourth-order valence-electron chi connectivity index (χ4n) is 2.17. The topological polar surface area (TPSA) is 63.2 Å². The summed E-state index contributed by atoms with van der Waals surface area (Å²) in [6.45, 7) is 3.36. The molecule has 1 aromatic heterocycles. The first-order chi connectivity index (χ1) is 12.9. The van der Waals surface area contributed by atoms with Crippen LogP contribution in [0.5, 0.6) is 5.75 Å². The normalized spacial score (nSPS) is 11.1. The van der Waals surface area contributed by atoms with Gasteiger partial charge in [-0.15, -0.1) is 0 Å². The number of hydrogen-bond donors (Lipinski definition) is 2. The van der Waals surface area contributed by atoms with Gasteiger partial charge in [0, 0.05) is 24.8 Å². The molecule has 0 aliphatic heterocycles. The van der Waals surface area contributed by atoms with Gasteiger partial charge in [0.25, 0.3) is 5.91 Å². The molecule has 27 heavy (non-hydrogen) atoms. The van der Waals surface area contributed by atoms with Gasteiger partial charge in [0.15, 0.2) is 0 Å². The van der Waals surface area contributed by atoms with Gasteiger partial charge in [-0.3, -0.25) is 4.79 Å². The van der Waals surface area contributed by atoms with E-state index in [1.807, 2.05) is 0 Å². The van der Waals surface area contributed by atoms with Crippen molar-refractivity contribution in [3.8, 4) is 5.75 Å². The van der Waals surface area contributed by atoms with E-state index < -0.39 is 11.7 Å². The second-order valence-electron chi connectivity index (χ2n) is 5.84. The van der Waals surface area contributed by atoms with Crippen molar-refractivity contribution in [1.82, 2.24) is 10.3 Å². The Morgan fingerprint density at radius 2 is 1.85 bits per heavy atom. The molecule has 0 saturated heterocycles. The number of anilines is 1. The van der Waals surface area contributed by atoms with Gasteiger partial charge < -0.3 is 15.4 Å². The van der Waals surface area contributed by atoms with Crippen molar-refractivity contribution in [3.63, 3.8) is 0 Å². The van der Waals surface area contributed by atoms with Gasteiger partial charge in [-0.1, -0.05) is 13.3 Å². The van der Waals surface area contributed by atoms with Crippen molar-refractivity contribution in [1.29, 1.82) is 0 Å². The van der Waals surface area contributed by atoms with Crippen LogP contribution in [-0.4, -0.2) is 30.6 Å². The van der Waals surface area contributed by atoms with E-state index in [4.69, 9.17) is 4.74 Å². The molecule has 2 aromatic rings. The maximum Gasteiger partial charge on any atom is 0.417 e. The smallest absolute Gasteiger partial charge is 0.417 e. The molecule has 2 rings (SSSR count). The highest BCUT2D eigenvalue weighted by molar-refractivity contribution is 5.94. The minimum Gasteiger partial charge on any atom is -0.494 e. The molecule has 0 aliphatic rings. The first kappa shape index (κ1) is 20.5. The average Bonchev–Trinajstić information content (AvgIpc) is 2.65. The fourth-order valence-corrected chi connectivity index (χ4v) is 2.17. The zero-order valence-electron chi connectivity index (χ0n) is 15.0. The van der Waals surface area contributed by atoms with Crippen LogP contribution in [0.2, 0.25) is 0 Å². The van der Waals surface area contributed by atoms with Crippen molar-refractivity contribution >= 4 is 11.7 Å². The molecule has 0 fully saturated rings. The summed E-state index contributed by atoms with van der Waals surface area (Å²) in [4.78, 5) is 15.8. The van der Waals surface area contributed by atoms with Gasteiger partial charge in [0.1, 0.15) is 11.6 Å². The first-order valence-corrected chi connectivity index (χ1v) is 8.68. The summed E-state index contributed by atoms with van der Waals surface area (Å²) >= 11 is 0. The van der Waals surface area contributed by atoms with Crippen LogP contribution in [-0.2, 0) is 6.18 Å². The van der Waals surface area contributed by atoms with Gasteiger partial charge in [0.2, 0.25) is 0 Å². The van der Waals surface area contributed by atoms with E-state index in [0.29, 0.717) is 31.1 Å². The van der Waals surface area contributed by atoms with Gasteiger partial charge in [0.05, 0.1) is 12.2 Å². The quantitative estimate of drug-likeness (QED) is 0.642. The molecule has 146 valence electrons. The number of aromatic nitrogens is 1. The Morgan fingerprint density at radius 1 is 1.11 bits per heavy atom. The van der Waals surface area contributed by atoms with Gasteiger partial charge >= 0.3 is 6.18 Å². The van der Waals surface area contributed by atoms with Crippen LogP contribution in [0.15, 0.2) is 42.6 Å². The van der Waals surface area contributed by atoms with Crippen LogP contribution < -0.4 is 15.4 Å². The lowest BCUT2D eigenvalue weighted by molar-refractivity contribution is -0.137. The molecule has 0 aliphatic carbocycles. The number of halogens is 3. The average molecular weight is 381 g/mol. The van der Waals surface area contributed by atoms with Crippen molar-refractivity contribution in [2.45, 2.75) is 25.9 Å². The summed E-state index contributed by atoms with van der Waals surface area (Å²) in [6, 6.07) is 9.06. The van der Waals surface area contributed by atoms with E-state index >= 15 is 0 Å². The Hall–Kier alpha value is -2.77. The Kier molecular flexibility index (Phi) is 7.45. The Bertz CT molecular complexity index is 716. The zero-order chi connectivity index (χ0) is 19.7. The summed E-state index contributed by atoms with van der Waals surface area (Å²) in [5, 5.41) is 5.58. The Labute approximate surface area is 155 Å². The van der Waals surface area contributed by atoms with Crippen LogP contribution in [0.3, 0.4) is 0 Å². The number of benzene rings is 1. The lowest BCUT2D eigenvalue weighted by Crippen LogP contribution is -2.28. The molecule has 0 spiro atoms. The number of pyridine rings is 1. The summed E-state index contributed by atoms with van der Waals surface area (Å²) in [5.74, 6) is 0.790. The molecule has 5 nitrogen and oxygen atoms in total. The van der Waals surface area contributed by atoms with Gasteiger partial charge in [-0.25, -0.2) is 4.98 Å². The van der Waals surface area contributed by atoms with Gasteiger partial charge in [-0.2, -0.15) is 13.2 Å². The highest BCUT2D eigenvalue weighted by Crippen LogP contribution is 2.28. The van der Waals surface area contributed by atoms with E-state index in [1.54, 1.807) is 24.3 Å². The summed E-state index contributed by atoms with van der Waals surface area (Å²) in [5.41, 5.74) is -0.297. The SMILES string of the molecule is CCCCOc1ccc(C(=O)NCCNc2ccc(C(F)(F)F)cn2)cc1. The monoisotopic (exact) mass is 381 g/mol. The number of amides is 1. The Morgan fingerprint density at radius 3 is 2.44 bits per heavy atom. The summed E-state index contributed by atoms with van der Waals surface area (Å²) < 4.78 is 42.9. The number of nitrogens with one attached hydrogen (secondary N) is 2. The molecule has 0 unspecified atom stereocenters. The third-order valence-corrected chi connectivity index (χ3v) is 3.69. The minimum absolute atomic E-state index is 0.239. The maximum atomic E-state index is 12.5. The number of ether oxygens (including phenoxy) is 1. The molecule has 0 radical (unpaired) electrons. The van der Waals surface area contributed by atoms with Crippen LogP contribution in [0.4, 0.5) is 19.0 Å². The number of rotatable bonds is 9. The first-order valence-electron chi connectivity index (χ1n) is 8.68. The molecule has 0 saturated carbocycles. The second-order valence-corrected chi connectivity index (χ2v) is 5.84. The predicted octanol–water partition coefficient (Wildman–Crippen LogP) is 4.12. The van der Waals surface area contributed by atoms with E-state index in [0.717, 1.165) is 30.9 Å². The van der Waals surface area contributed by atoms with Gasteiger partial charge in [-0.05, 0) is 42.8 Å². The number of alkyl halides is 3. The van der Waals surface area contributed by atoms with Crippen molar-refractivity contribution < 1.29 is 22.7 Å². The van der Waals surface area contributed by atoms with Crippen molar-refractivity contribution in [2.24, 2.45) is 0 Å². The molecule has 1 heterocycles. The molecule has 2 N–H and O–H groups in total. The van der Waals surface area contributed by atoms with E-state index in [9.17, 15) is 18.0 Å². The van der Waals surface area contributed by atoms with Crippen LogP contribution >= 0.6 is 0 Å². The Balaban J connectivity index is 1.72. The number of nitrogens with zero attached hydrogens (tertiary/aromatic N) is 1. The summed E-state index contributed by atoms with van der Waals surface area (Å²) in [6.07, 6.45) is -1.61. The third kappa shape index (κ3) is 6.80. The van der Waals surface area contributed by atoms with E-state index in [-0.39, 0.29) is 5.91 Å². The number of unbranched alkanes of at least 4 members (excludes halogenated alkanes) is 1. The standard InChI is InChI=1S/C19H22F3N3O2/c1-2-3-12-27-16-7-4-14(5-8-16)18(26)24-11-10-23-17-9-6-15(13-25-17)19(20,21)22/h4-9,13H,2-3,10-12H2,1H3,(H,23,25)(H,24,26). The number of carbonyl (C=O) groups excluding carboxylic acids is 1. The van der Waals surface area contributed by atoms with Crippen LogP contribution in [0.25, 0.3) is 0 Å². The highest BCUT2D eigenvalue weighted by atomic mass is 19.4. The maximum absolute atomic E-state index is 12.5. The summed E-state index contributed by atoms with van der Waals surface area (Å²) in [7, 11) is 0. The molecule has 8 heteroatoms. The molecule has 1 amide bonds. The molecule has 1 aromatic carbocycles. The second kappa shape index (κ2) is 9.80. The number of carbonyl (C=O) groups is 1. The largest absolute Gasteiger partial charge is 0.494 e. The highest BCUT2D eigenvalue weighted by Gasteiger charge is 2.30. The molecular weight excluding hydrogens is 359 g/mol. The van der Waals surface area contributed by atoms with Crippen molar-refractivity contribution in [2.75, 3.05) is 25.0 Å².